The Morgan fingerprint density at radius 2 is 1.32 bits per heavy atom. The molecule has 0 aliphatic rings. The number of ether oxygens (including phenoxy) is 3. The van der Waals surface area contributed by atoms with E-state index in [1.807, 2.05) is 0 Å². The zero-order valence-corrected chi connectivity index (χ0v) is 18.4. The monoisotopic (exact) mass is 426 g/mol. The van der Waals surface area contributed by atoms with Crippen molar-refractivity contribution in [3.05, 3.63) is 65.2 Å². The summed E-state index contributed by atoms with van der Waals surface area (Å²) < 4.78 is 15.8. The summed E-state index contributed by atoms with van der Waals surface area (Å²) in [5, 5.41) is 0. The van der Waals surface area contributed by atoms with Gasteiger partial charge in [0, 0.05) is 30.8 Å². The molecule has 0 aliphatic heterocycles. The van der Waals surface area contributed by atoms with Gasteiger partial charge in [0.2, 0.25) is 0 Å². The van der Waals surface area contributed by atoms with Gasteiger partial charge in [-0.05, 0) is 48.7 Å². The highest BCUT2D eigenvalue weighted by Crippen LogP contribution is 2.16. The fourth-order valence-corrected chi connectivity index (χ4v) is 2.77. The summed E-state index contributed by atoms with van der Waals surface area (Å²) in [6, 6.07) is 12.8. The van der Waals surface area contributed by atoms with E-state index in [1.165, 1.54) is 31.4 Å². The molecule has 31 heavy (non-hydrogen) atoms. The third kappa shape index (κ3) is 8.34. The van der Waals surface area contributed by atoms with E-state index in [0.29, 0.717) is 41.6 Å². The van der Waals surface area contributed by atoms with Crippen LogP contribution in [0.2, 0.25) is 0 Å². The molecule has 0 amide bonds. The van der Waals surface area contributed by atoms with E-state index in [1.54, 1.807) is 24.3 Å². The average Bonchev–Trinajstić information content (AvgIpc) is 2.78. The minimum absolute atomic E-state index is 0.245. The molecule has 0 aliphatic carbocycles. The van der Waals surface area contributed by atoms with Gasteiger partial charge in [-0.25, -0.2) is 4.79 Å². The Labute approximate surface area is 183 Å². The maximum Gasteiger partial charge on any atom is 0.337 e. The van der Waals surface area contributed by atoms with E-state index in [0.717, 1.165) is 19.4 Å². The zero-order valence-electron chi connectivity index (χ0n) is 18.4. The Bertz CT molecular complexity index is 853. The fourth-order valence-electron chi connectivity index (χ4n) is 2.77. The van der Waals surface area contributed by atoms with Gasteiger partial charge in [-0.15, -0.1) is 0 Å². The van der Waals surface area contributed by atoms with Gasteiger partial charge in [0.25, 0.3) is 0 Å². The lowest BCUT2D eigenvalue weighted by atomic mass is 10.0. The summed E-state index contributed by atoms with van der Waals surface area (Å²) in [5.41, 5.74) is 1.17. The van der Waals surface area contributed by atoms with Crippen LogP contribution < -0.4 is 4.74 Å². The molecule has 0 radical (unpaired) electrons. The number of carbonyl (C=O) groups is 3. The summed E-state index contributed by atoms with van der Waals surface area (Å²) >= 11 is 0. The highest BCUT2D eigenvalue weighted by molar-refractivity contribution is 6.13. The Morgan fingerprint density at radius 3 is 1.87 bits per heavy atom. The lowest BCUT2D eigenvalue weighted by molar-refractivity contribution is 0.0600. The number of benzene rings is 2. The highest BCUT2D eigenvalue weighted by atomic mass is 16.5. The van der Waals surface area contributed by atoms with E-state index >= 15 is 0 Å². The molecule has 0 unspecified atom stereocenters. The van der Waals surface area contributed by atoms with E-state index in [-0.39, 0.29) is 18.0 Å². The lowest BCUT2D eigenvalue weighted by Crippen LogP contribution is -2.09. The SMILES string of the molecule is COC(=O)c1ccc(C(=O)CC(=O)c2ccc(OCCCOCCC(C)C)cc2)cc1. The average molecular weight is 427 g/mol. The Morgan fingerprint density at radius 1 is 0.774 bits per heavy atom. The van der Waals surface area contributed by atoms with Crippen LogP contribution in [-0.4, -0.2) is 44.5 Å². The van der Waals surface area contributed by atoms with Crippen LogP contribution in [0, 0.1) is 5.92 Å². The second-order valence-corrected chi connectivity index (χ2v) is 7.61. The largest absolute Gasteiger partial charge is 0.494 e. The molecule has 2 aromatic rings. The molecule has 0 N–H and O–H groups in total. The summed E-state index contributed by atoms with van der Waals surface area (Å²) in [6.45, 7) is 6.30. The van der Waals surface area contributed by atoms with Crippen LogP contribution in [0.4, 0.5) is 0 Å². The Kier molecular flexibility index (Phi) is 9.91. The van der Waals surface area contributed by atoms with Crippen molar-refractivity contribution < 1.29 is 28.6 Å². The predicted octanol–water partition coefficient (Wildman–Crippen LogP) is 4.76. The fraction of sp³-hybridized carbons (Fsp3) is 0.400. The third-order valence-electron chi connectivity index (χ3n) is 4.67. The van der Waals surface area contributed by atoms with Crippen LogP contribution in [0.1, 0.15) is 64.2 Å². The standard InChI is InChI=1S/C25H30O6/c1-18(2)13-16-30-14-4-15-31-22-11-9-20(10-12-22)24(27)17-23(26)19-5-7-21(8-6-19)25(28)29-3/h5-12,18H,4,13-17H2,1-3H3. The first-order valence-corrected chi connectivity index (χ1v) is 10.5. The first-order chi connectivity index (χ1) is 14.9. The topological polar surface area (TPSA) is 78.9 Å². The van der Waals surface area contributed by atoms with Gasteiger partial charge >= 0.3 is 5.97 Å². The molecule has 2 aromatic carbocycles. The molecule has 2 rings (SSSR count). The van der Waals surface area contributed by atoms with Crippen molar-refractivity contribution in [2.75, 3.05) is 26.9 Å². The molecule has 6 nitrogen and oxygen atoms in total. The lowest BCUT2D eigenvalue weighted by Gasteiger charge is -2.08. The molecule has 0 bridgehead atoms. The summed E-state index contributed by atoms with van der Waals surface area (Å²) in [5.74, 6) is 0.255. The Balaban J connectivity index is 1.77. The maximum atomic E-state index is 12.4. The summed E-state index contributed by atoms with van der Waals surface area (Å²) in [6.07, 6.45) is 1.60. The summed E-state index contributed by atoms with van der Waals surface area (Å²) in [7, 11) is 1.29. The molecular weight excluding hydrogens is 396 g/mol. The minimum atomic E-state index is -0.476. The van der Waals surface area contributed by atoms with E-state index in [4.69, 9.17) is 9.47 Å². The van der Waals surface area contributed by atoms with E-state index < -0.39 is 5.97 Å². The van der Waals surface area contributed by atoms with E-state index in [2.05, 4.69) is 18.6 Å². The number of hydrogen-bond donors (Lipinski definition) is 0. The van der Waals surface area contributed by atoms with Gasteiger partial charge in [0.15, 0.2) is 11.6 Å². The second kappa shape index (κ2) is 12.6. The van der Waals surface area contributed by atoms with Crippen LogP contribution in [-0.2, 0) is 9.47 Å². The predicted molar refractivity (Wildman–Crippen MR) is 118 cm³/mol. The number of carbonyl (C=O) groups excluding carboxylic acids is 3. The number of esters is 1. The van der Waals surface area contributed by atoms with Crippen molar-refractivity contribution in [3.8, 4) is 5.75 Å². The van der Waals surface area contributed by atoms with Crippen LogP contribution in [0.25, 0.3) is 0 Å². The molecule has 0 saturated heterocycles. The van der Waals surface area contributed by atoms with Crippen molar-refractivity contribution in [2.45, 2.75) is 33.1 Å². The molecule has 0 saturated carbocycles. The van der Waals surface area contributed by atoms with Crippen LogP contribution in [0.15, 0.2) is 48.5 Å². The maximum absolute atomic E-state index is 12.4. The van der Waals surface area contributed by atoms with Crippen molar-refractivity contribution in [2.24, 2.45) is 5.92 Å². The first kappa shape index (κ1) is 24.3. The molecule has 0 atom stereocenters. The van der Waals surface area contributed by atoms with E-state index in [9.17, 15) is 14.4 Å². The molecule has 6 heteroatoms. The van der Waals surface area contributed by atoms with Gasteiger partial charge in [-0.3, -0.25) is 9.59 Å². The number of ketones is 2. The van der Waals surface area contributed by atoms with Crippen molar-refractivity contribution in [1.29, 1.82) is 0 Å². The second-order valence-electron chi connectivity index (χ2n) is 7.61. The van der Waals surface area contributed by atoms with Crippen molar-refractivity contribution >= 4 is 17.5 Å². The zero-order chi connectivity index (χ0) is 22.6. The van der Waals surface area contributed by atoms with Crippen molar-refractivity contribution in [3.63, 3.8) is 0 Å². The third-order valence-corrected chi connectivity index (χ3v) is 4.67. The smallest absolute Gasteiger partial charge is 0.337 e. The van der Waals surface area contributed by atoms with Crippen molar-refractivity contribution in [1.82, 2.24) is 0 Å². The molecule has 0 aromatic heterocycles. The van der Waals surface area contributed by atoms with Crippen LogP contribution >= 0.6 is 0 Å². The van der Waals surface area contributed by atoms with Gasteiger partial charge in [-0.2, -0.15) is 0 Å². The first-order valence-electron chi connectivity index (χ1n) is 10.5. The Hall–Kier alpha value is -2.99. The molecular formula is C25H30O6. The van der Waals surface area contributed by atoms with Gasteiger partial charge in [0.1, 0.15) is 5.75 Å². The number of hydrogen-bond acceptors (Lipinski definition) is 6. The van der Waals surface area contributed by atoms with Crippen LogP contribution in [0.5, 0.6) is 5.75 Å². The van der Waals surface area contributed by atoms with Gasteiger partial charge in [-0.1, -0.05) is 26.0 Å². The van der Waals surface area contributed by atoms with Gasteiger partial charge < -0.3 is 14.2 Å². The number of Topliss-reactive ketones (excluding diaryl/α,β-unsaturated/α-hetero) is 2. The molecule has 166 valence electrons. The number of methoxy groups -OCH3 is 1. The normalized spacial score (nSPS) is 10.7. The number of rotatable bonds is 13. The minimum Gasteiger partial charge on any atom is -0.494 e. The molecule has 0 fully saturated rings. The molecule has 0 spiro atoms. The van der Waals surface area contributed by atoms with Crippen LogP contribution in [0.3, 0.4) is 0 Å². The molecule has 0 heterocycles. The highest BCUT2D eigenvalue weighted by Gasteiger charge is 2.15. The summed E-state index contributed by atoms with van der Waals surface area (Å²) in [4.78, 5) is 36.2. The van der Waals surface area contributed by atoms with Gasteiger partial charge in [0.05, 0.1) is 25.7 Å². The quantitative estimate of drug-likeness (QED) is 0.199.